The maximum absolute atomic E-state index is 5.48. The Morgan fingerprint density at radius 3 is 2.79 bits per heavy atom. The molecule has 0 aliphatic rings. The van der Waals surface area contributed by atoms with Crippen LogP contribution in [0.25, 0.3) is 11.1 Å². The monoisotopic (exact) mass is 198 g/mol. The molecule has 0 radical (unpaired) electrons. The zero-order valence-electron chi connectivity index (χ0n) is 7.95. The fourth-order valence-electron chi connectivity index (χ4n) is 1.58. The molecular formula is C13H10S. The summed E-state index contributed by atoms with van der Waals surface area (Å²) in [5.41, 5.74) is 4.62. The molecule has 0 aliphatic heterocycles. The smallest absolute Gasteiger partial charge is 0.0324 e. The Morgan fingerprint density at radius 2 is 2.14 bits per heavy atom. The van der Waals surface area contributed by atoms with Crippen LogP contribution in [0.5, 0.6) is 0 Å². The number of aryl methyl sites for hydroxylation is 1. The normalized spacial score (nSPS) is 9.71. The van der Waals surface area contributed by atoms with Gasteiger partial charge in [-0.1, -0.05) is 18.1 Å². The fourth-order valence-corrected chi connectivity index (χ4v) is 2.22. The second-order valence-electron chi connectivity index (χ2n) is 3.15. The zero-order chi connectivity index (χ0) is 9.97. The molecular weight excluding hydrogens is 188 g/mol. The van der Waals surface area contributed by atoms with E-state index >= 15 is 0 Å². The summed E-state index contributed by atoms with van der Waals surface area (Å²) < 4.78 is 0. The van der Waals surface area contributed by atoms with E-state index in [0.717, 1.165) is 5.56 Å². The highest BCUT2D eigenvalue weighted by molar-refractivity contribution is 7.08. The van der Waals surface area contributed by atoms with Gasteiger partial charge in [-0.3, -0.25) is 0 Å². The predicted molar refractivity (Wildman–Crippen MR) is 62.4 cm³/mol. The average molecular weight is 198 g/mol. The van der Waals surface area contributed by atoms with Crippen molar-refractivity contribution >= 4 is 11.3 Å². The molecule has 1 heterocycles. The van der Waals surface area contributed by atoms with Gasteiger partial charge < -0.3 is 0 Å². The molecule has 2 aromatic rings. The molecule has 0 nitrogen and oxygen atoms in total. The number of hydrogen-bond donors (Lipinski definition) is 0. The molecule has 68 valence electrons. The molecule has 1 aromatic heterocycles. The molecule has 0 aliphatic carbocycles. The lowest BCUT2D eigenvalue weighted by Crippen LogP contribution is -1.86. The maximum Gasteiger partial charge on any atom is 0.0324 e. The van der Waals surface area contributed by atoms with Crippen molar-refractivity contribution in [2.45, 2.75) is 6.92 Å². The van der Waals surface area contributed by atoms with Gasteiger partial charge in [0.25, 0.3) is 0 Å². The second kappa shape index (κ2) is 3.69. The first-order valence-corrected chi connectivity index (χ1v) is 5.36. The first-order valence-electron chi connectivity index (χ1n) is 4.41. The third kappa shape index (κ3) is 1.45. The van der Waals surface area contributed by atoms with E-state index in [0.29, 0.717) is 0 Å². The maximum atomic E-state index is 5.48. The predicted octanol–water partition coefficient (Wildman–Crippen LogP) is 3.70. The van der Waals surface area contributed by atoms with Crippen LogP contribution in [-0.2, 0) is 0 Å². The van der Waals surface area contributed by atoms with Gasteiger partial charge in [0.15, 0.2) is 0 Å². The first kappa shape index (κ1) is 9.05. The molecule has 14 heavy (non-hydrogen) atoms. The van der Waals surface area contributed by atoms with E-state index in [1.54, 1.807) is 11.3 Å². The van der Waals surface area contributed by atoms with Crippen molar-refractivity contribution in [3.8, 4) is 23.5 Å². The SMILES string of the molecule is C#Cc1cccc(C)c1-c1ccsc1. The van der Waals surface area contributed by atoms with Crippen LogP contribution in [0.4, 0.5) is 0 Å². The van der Waals surface area contributed by atoms with Gasteiger partial charge in [0.1, 0.15) is 0 Å². The van der Waals surface area contributed by atoms with Crippen molar-refractivity contribution in [1.82, 2.24) is 0 Å². The highest BCUT2D eigenvalue weighted by Gasteiger charge is 2.05. The highest BCUT2D eigenvalue weighted by Crippen LogP contribution is 2.28. The standard InChI is InChI=1S/C13H10S/c1-3-11-6-4-5-10(2)13(11)12-7-8-14-9-12/h1,4-9H,2H3. The minimum atomic E-state index is 0.975. The number of benzene rings is 1. The van der Waals surface area contributed by atoms with Crippen LogP contribution in [0, 0.1) is 19.3 Å². The van der Waals surface area contributed by atoms with Crippen molar-refractivity contribution in [2.75, 3.05) is 0 Å². The number of hydrogen-bond acceptors (Lipinski definition) is 1. The van der Waals surface area contributed by atoms with E-state index in [1.165, 1.54) is 16.7 Å². The Hall–Kier alpha value is -1.52. The Balaban J connectivity index is 2.69. The summed E-state index contributed by atoms with van der Waals surface area (Å²) in [6, 6.07) is 8.18. The number of thiophene rings is 1. The summed E-state index contributed by atoms with van der Waals surface area (Å²) in [6.45, 7) is 2.09. The highest BCUT2D eigenvalue weighted by atomic mass is 32.1. The third-order valence-corrected chi connectivity index (χ3v) is 2.92. The van der Waals surface area contributed by atoms with E-state index in [-0.39, 0.29) is 0 Å². The Kier molecular flexibility index (Phi) is 2.39. The molecule has 0 spiro atoms. The molecule has 1 heteroatoms. The van der Waals surface area contributed by atoms with Crippen LogP contribution in [0.1, 0.15) is 11.1 Å². The van der Waals surface area contributed by atoms with Crippen LogP contribution in [0.15, 0.2) is 35.0 Å². The lowest BCUT2D eigenvalue weighted by atomic mass is 9.98. The largest absolute Gasteiger partial charge is 0.152 e. The zero-order valence-corrected chi connectivity index (χ0v) is 8.77. The Bertz CT molecular complexity index is 472. The molecule has 1 aromatic carbocycles. The van der Waals surface area contributed by atoms with Crippen molar-refractivity contribution in [3.63, 3.8) is 0 Å². The van der Waals surface area contributed by atoms with Gasteiger partial charge in [-0.25, -0.2) is 0 Å². The lowest BCUT2D eigenvalue weighted by Gasteiger charge is -2.06. The van der Waals surface area contributed by atoms with Gasteiger partial charge in [0.2, 0.25) is 0 Å². The lowest BCUT2D eigenvalue weighted by molar-refractivity contribution is 1.45. The van der Waals surface area contributed by atoms with E-state index in [9.17, 15) is 0 Å². The third-order valence-electron chi connectivity index (χ3n) is 2.24. The summed E-state index contributed by atoms with van der Waals surface area (Å²) in [4.78, 5) is 0. The van der Waals surface area contributed by atoms with E-state index < -0.39 is 0 Å². The summed E-state index contributed by atoms with van der Waals surface area (Å²) in [6.07, 6.45) is 5.48. The summed E-state index contributed by atoms with van der Waals surface area (Å²) in [5.74, 6) is 2.73. The van der Waals surface area contributed by atoms with Crippen molar-refractivity contribution < 1.29 is 0 Å². The number of terminal acetylenes is 1. The first-order chi connectivity index (χ1) is 6.83. The Labute approximate surface area is 88.2 Å². The minimum absolute atomic E-state index is 0.975. The van der Waals surface area contributed by atoms with Gasteiger partial charge >= 0.3 is 0 Å². The molecule has 0 fully saturated rings. The van der Waals surface area contributed by atoms with Crippen molar-refractivity contribution in [1.29, 1.82) is 0 Å². The summed E-state index contributed by atoms with van der Waals surface area (Å²) >= 11 is 1.69. The minimum Gasteiger partial charge on any atom is -0.152 e. The van der Waals surface area contributed by atoms with E-state index in [1.807, 2.05) is 12.1 Å². The molecule has 0 amide bonds. The average Bonchev–Trinajstić information content (AvgIpc) is 2.70. The molecule has 2 rings (SSSR count). The van der Waals surface area contributed by atoms with Crippen molar-refractivity contribution in [2.24, 2.45) is 0 Å². The number of rotatable bonds is 1. The van der Waals surface area contributed by atoms with E-state index in [2.05, 4.69) is 35.7 Å². The summed E-state index contributed by atoms with van der Waals surface area (Å²) in [5, 5.41) is 4.20. The van der Waals surface area contributed by atoms with Crippen LogP contribution in [0.2, 0.25) is 0 Å². The van der Waals surface area contributed by atoms with Gasteiger partial charge in [-0.15, -0.1) is 6.42 Å². The molecule has 0 unspecified atom stereocenters. The molecule has 0 saturated carbocycles. The topological polar surface area (TPSA) is 0 Å². The van der Waals surface area contributed by atoms with Gasteiger partial charge in [0.05, 0.1) is 0 Å². The summed E-state index contributed by atoms with van der Waals surface area (Å²) in [7, 11) is 0. The van der Waals surface area contributed by atoms with Crippen molar-refractivity contribution in [3.05, 3.63) is 46.2 Å². The van der Waals surface area contributed by atoms with Crippen LogP contribution >= 0.6 is 11.3 Å². The van der Waals surface area contributed by atoms with Gasteiger partial charge in [-0.2, -0.15) is 11.3 Å². The molecule has 0 bridgehead atoms. The second-order valence-corrected chi connectivity index (χ2v) is 3.93. The molecule has 0 N–H and O–H groups in total. The van der Waals surface area contributed by atoms with Crippen LogP contribution in [0.3, 0.4) is 0 Å². The van der Waals surface area contributed by atoms with Gasteiger partial charge in [0, 0.05) is 11.1 Å². The van der Waals surface area contributed by atoms with Crippen LogP contribution in [-0.4, -0.2) is 0 Å². The van der Waals surface area contributed by atoms with Crippen LogP contribution < -0.4 is 0 Å². The Morgan fingerprint density at radius 1 is 1.29 bits per heavy atom. The quantitative estimate of drug-likeness (QED) is 0.613. The van der Waals surface area contributed by atoms with E-state index in [4.69, 9.17) is 6.42 Å². The van der Waals surface area contributed by atoms with Gasteiger partial charge in [-0.05, 0) is 40.9 Å². The molecule has 0 saturated heterocycles. The fraction of sp³-hybridized carbons (Fsp3) is 0.0769. The molecule has 0 atom stereocenters.